The van der Waals surface area contributed by atoms with Gasteiger partial charge >= 0.3 is 0 Å². The number of nitrogens with one attached hydrogen (secondary N) is 2. The minimum atomic E-state index is -3.99. The average Bonchev–Trinajstić information content (AvgIpc) is 2.96. The molecule has 4 rings (SSSR count). The number of halogens is 1. The van der Waals surface area contributed by atoms with Gasteiger partial charge < -0.3 is 10.1 Å². The molecule has 0 radical (unpaired) electrons. The predicted molar refractivity (Wildman–Crippen MR) is 155 cm³/mol. The van der Waals surface area contributed by atoms with Crippen molar-refractivity contribution >= 4 is 51.0 Å². The lowest BCUT2D eigenvalue weighted by molar-refractivity contribution is -0.119. The molecule has 0 saturated carbocycles. The monoisotopic (exact) mass is 576 g/mol. The summed E-state index contributed by atoms with van der Waals surface area (Å²) in [4.78, 5) is 24.8. The maximum absolute atomic E-state index is 13.3. The largest absolute Gasteiger partial charge is 0.484 e. The highest BCUT2D eigenvalue weighted by Crippen LogP contribution is 2.23. The fourth-order valence-electron chi connectivity index (χ4n) is 3.54. The summed E-state index contributed by atoms with van der Waals surface area (Å²) >= 11 is 5.92. The van der Waals surface area contributed by atoms with E-state index in [1.54, 1.807) is 97.1 Å². The lowest BCUT2D eigenvalue weighted by Gasteiger charge is -2.23. The third kappa shape index (κ3) is 7.92. The molecular formula is C29H25ClN4O5S. The Morgan fingerprint density at radius 2 is 1.52 bits per heavy atom. The molecule has 0 unspecified atom stereocenters. The fourth-order valence-corrected chi connectivity index (χ4v) is 5.17. The topological polar surface area (TPSA) is 117 Å². The molecule has 0 aliphatic carbocycles. The highest BCUT2D eigenvalue weighted by Gasteiger charge is 2.26. The first-order valence-electron chi connectivity index (χ1n) is 12.0. The molecule has 0 aromatic heterocycles. The third-order valence-corrected chi connectivity index (χ3v) is 7.45. The van der Waals surface area contributed by atoms with Crippen molar-refractivity contribution in [3.05, 3.63) is 120 Å². The van der Waals surface area contributed by atoms with Crippen molar-refractivity contribution in [1.82, 2.24) is 5.43 Å². The van der Waals surface area contributed by atoms with Gasteiger partial charge in [-0.15, -0.1) is 0 Å². The first kappa shape index (κ1) is 28.3. The van der Waals surface area contributed by atoms with Crippen LogP contribution in [0, 0.1) is 0 Å². The maximum atomic E-state index is 13.3. The maximum Gasteiger partial charge on any atom is 0.264 e. The van der Waals surface area contributed by atoms with Crippen LogP contribution in [-0.4, -0.2) is 39.6 Å². The van der Waals surface area contributed by atoms with Gasteiger partial charge in [0.05, 0.1) is 16.8 Å². The van der Waals surface area contributed by atoms with Gasteiger partial charge in [0.2, 0.25) is 0 Å². The van der Waals surface area contributed by atoms with Crippen LogP contribution < -0.4 is 19.8 Å². The summed E-state index contributed by atoms with van der Waals surface area (Å²) in [7, 11) is -3.99. The zero-order valence-corrected chi connectivity index (χ0v) is 22.7. The molecule has 0 heterocycles. The summed E-state index contributed by atoms with van der Waals surface area (Å²) in [5.41, 5.74) is 3.93. The number of sulfonamides is 1. The van der Waals surface area contributed by atoms with E-state index in [9.17, 15) is 18.0 Å². The summed E-state index contributed by atoms with van der Waals surface area (Å²) in [5.74, 6) is -0.494. The molecule has 40 heavy (non-hydrogen) atoms. The molecule has 11 heteroatoms. The molecule has 0 aliphatic rings. The molecule has 2 amide bonds. The van der Waals surface area contributed by atoms with Gasteiger partial charge in [-0.1, -0.05) is 54.1 Å². The lowest BCUT2D eigenvalue weighted by Crippen LogP contribution is -2.39. The number of benzene rings is 4. The van der Waals surface area contributed by atoms with Crippen molar-refractivity contribution in [3.8, 4) is 5.75 Å². The van der Waals surface area contributed by atoms with Crippen molar-refractivity contribution in [1.29, 1.82) is 0 Å². The smallest absolute Gasteiger partial charge is 0.264 e. The standard InChI is InChI=1S/C29H25ClN4O5S/c30-23-8-7-9-24(18-23)32-29(36)21-39-26-16-14-22(15-17-26)19-31-33-28(35)20-34(25-10-3-1-4-11-25)40(37,38)27-12-5-2-6-13-27/h1-19H,20-21H2,(H,32,36)(H,33,35)/b31-19-. The molecule has 204 valence electrons. The van der Waals surface area contributed by atoms with Crippen LogP contribution in [0.15, 0.2) is 119 Å². The van der Waals surface area contributed by atoms with Gasteiger partial charge in [-0.2, -0.15) is 5.10 Å². The number of amides is 2. The summed E-state index contributed by atoms with van der Waals surface area (Å²) in [6, 6.07) is 29.7. The molecule has 0 aliphatic heterocycles. The van der Waals surface area contributed by atoms with Gasteiger partial charge in [-0.25, -0.2) is 13.8 Å². The quantitative estimate of drug-likeness (QED) is 0.198. The molecule has 4 aromatic rings. The minimum absolute atomic E-state index is 0.0689. The van der Waals surface area contributed by atoms with E-state index in [4.69, 9.17) is 16.3 Å². The Kier molecular flexibility index (Phi) is 9.50. The van der Waals surface area contributed by atoms with E-state index >= 15 is 0 Å². The Hall–Kier alpha value is -4.67. The summed E-state index contributed by atoms with van der Waals surface area (Å²) in [6.45, 7) is -0.664. The van der Waals surface area contributed by atoms with Gasteiger partial charge in [0.25, 0.3) is 21.8 Å². The van der Waals surface area contributed by atoms with E-state index in [0.29, 0.717) is 27.7 Å². The lowest BCUT2D eigenvalue weighted by atomic mass is 10.2. The summed E-state index contributed by atoms with van der Waals surface area (Å²) < 4.78 is 33.1. The zero-order valence-electron chi connectivity index (χ0n) is 21.1. The summed E-state index contributed by atoms with van der Waals surface area (Å²) in [5, 5.41) is 7.15. The van der Waals surface area contributed by atoms with E-state index in [-0.39, 0.29) is 17.4 Å². The van der Waals surface area contributed by atoms with Crippen LogP contribution in [0.4, 0.5) is 11.4 Å². The molecule has 0 bridgehead atoms. The van der Waals surface area contributed by atoms with E-state index in [2.05, 4.69) is 15.8 Å². The molecular weight excluding hydrogens is 552 g/mol. The first-order chi connectivity index (χ1) is 19.3. The van der Waals surface area contributed by atoms with Crippen LogP contribution in [0.25, 0.3) is 0 Å². The highest BCUT2D eigenvalue weighted by atomic mass is 35.5. The SMILES string of the molecule is O=C(CN(c1ccccc1)S(=O)(=O)c1ccccc1)N/N=C\c1ccc(OCC(=O)Nc2cccc(Cl)c2)cc1. The van der Waals surface area contributed by atoms with Crippen LogP contribution in [-0.2, 0) is 19.6 Å². The van der Waals surface area contributed by atoms with E-state index in [1.165, 1.54) is 18.3 Å². The van der Waals surface area contributed by atoms with Gasteiger partial charge in [-0.05, 0) is 72.3 Å². The second-order valence-electron chi connectivity index (χ2n) is 8.37. The predicted octanol–water partition coefficient (Wildman–Crippen LogP) is 4.70. The van der Waals surface area contributed by atoms with Crippen LogP contribution in [0.5, 0.6) is 5.75 Å². The Morgan fingerprint density at radius 3 is 2.20 bits per heavy atom. The number of hydrogen-bond acceptors (Lipinski definition) is 6. The molecule has 0 spiro atoms. The number of carbonyl (C=O) groups is 2. The van der Waals surface area contributed by atoms with E-state index < -0.39 is 22.5 Å². The van der Waals surface area contributed by atoms with Crippen molar-refractivity contribution in [2.45, 2.75) is 4.90 Å². The third-order valence-electron chi connectivity index (χ3n) is 5.42. The van der Waals surface area contributed by atoms with Crippen molar-refractivity contribution in [2.24, 2.45) is 5.10 Å². The Balaban J connectivity index is 1.32. The Morgan fingerprint density at radius 1 is 0.850 bits per heavy atom. The minimum Gasteiger partial charge on any atom is -0.484 e. The first-order valence-corrected chi connectivity index (χ1v) is 13.9. The van der Waals surface area contributed by atoms with Gasteiger partial charge in [0, 0.05) is 10.7 Å². The Labute approximate surface area is 237 Å². The van der Waals surface area contributed by atoms with Crippen molar-refractivity contribution in [2.75, 3.05) is 22.8 Å². The van der Waals surface area contributed by atoms with E-state index in [1.807, 2.05) is 0 Å². The van der Waals surface area contributed by atoms with Crippen molar-refractivity contribution in [3.63, 3.8) is 0 Å². The molecule has 2 N–H and O–H groups in total. The van der Waals surface area contributed by atoms with Crippen molar-refractivity contribution < 1.29 is 22.7 Å². The zero-order chi connectivity index (χ0) is 28.4. The number of rotatable bonds is 11. The second-order valence-corrected chi connectivity index (χ2v) is 10.7. The number of hydrogen-bond donors (Lipinski definition) is 2. The van der Waals surface area contributed by atoms with Crippen LogP contribution in [0.1, 0.15) is 5.56 Å². The number of para-hydroxylation sites is 1. The molecule has 9 nitrogen and oxygen atoms in total. The van der Waals surface area contributed by atoms with Crippen LogP contribution in [0.2, 0.25) is 5.02 Å². The van der Waals surface area contributed by atoms with E-state index in [0.717, 1.165) is 4.31 Å². The molecule has 0 saturated heterocycles. The summed E-state index contributed by atoms with van der Waals surface area (Å²) in [6.07, 6.45) is 1.41. The van der Waals surface area contributed by atoms with Gasteiger partial charge in [0.1, 0.15) is 12.3 Å². The number of nitrogens with zero attached hydrogens (tertiary/aromatic N) is 2. The molecule has 0 atom stereocenters. The number of carbonyl (C=O) groups excluding carboxylic acids is 2. The second kappa shape index (κ2) is 13.4. The number of hydrazone groups is 1. The highest BCUT2D eigenvalue weighted by molar-refractivity contribution is 7.92. The number of anilines is 2. The normalized spacial score (nSPS) is 11.1. The van der Waals surface area contributed by atoms with Gasteiger partial charge in [0.15, 0.2) is 6.61 Å². The van der Waals surface area contributed by atoms with Gasteiger partial charge in [-0.3, -0.25) is 13.9 Å². The van der Waals surface area contributed by atoms with Crippen LogP contribution >= 0.6 is 11.6 Å². The molecule has 4 aromatic carbocycles. The average molecular weight is 577 g/mol. The molecule has 0 fully saturated rings. The Bertz CT molecular complexity index is 1580. The number of ether oxygens (including phenoxy) is 1. The van der Waals surface area contributed by atoms with Crippen LogP contribution in [0.3, 0.4) is 0 Å². The fraction of sp³-hybridized carbons (Fsp3) is 0.0690.